The Hall–Kier alpha value is -3.49. The number of hydrogen-bond acceptors (Lipinski definition) is 2. The Bertz CT molecular complexity index is 1190. The molecule has 0 saturated carbocycles. The fourth-order valence-electron chi connectivity index (χ4n) is 5.01. The normalized spacial score (nSPS) is 26.7. The highest BCUT2D eigenvalue weighted by molar-refractivity contribution is 6.07. The average molecular weight is 386 g/mol. The molecule has 0 radical (unpaired) electrons. The molecule has 4 atom stereocenters. The molecule has 4 aromatic carbocycles. The molecule has 1 saturated heterocycles. The first-order valence-electron chi connectivity index (χ1n) is 10.5. The zero-order valence-electron chi connectivity index (χ0n) is 16.6. The number of nitrogens with zero attached hydrogens (tertiary/aromatic N) is 2. The summed E-state index contributed by atoms with van der Waals surface area (Å²) < 4.78 is 0. The van der Waals surface area contributed by atoms with E-state index in [0.717, 1.165) is 5.71 Å². The second kappa shape index (κ2) is 6.79. The van der Waals surface area contributed by atoms with Crippen molar-refractivity contribution in [2.24, 2.45) is 4.99 Å². The average Bonchev–Trinajstić information content (AvgIpc) is 3.36. The molecule has 0 amide bonds. The van der Waals surface area contributed by atoms with Crippen LogP contribution in [0.4, 0.5) is 0 Å². The molecule has 1 fully saturated rings. The maximum absolute atomic E-state index is 5.49. The van der Waals surface area contributed by atoms with Gasteiger partial charge in [-0.2, -0.15) is 0 Å². The van der Waals surface area contributed by atoms with Gasteiger partial charge in [-0.3, -0.25) is 4.99 Å². The maximum Gasteiger partial charge on any atom is 0.160 e. The molecule has 2 aliphatic heterocycles. The van der Waals surface area contributed by atoms with E-state index in [-0.39, 0.29) is 17.7 Å². The van der Waals surface area contributed by atoms with Gasteiger partial charge in [0.1, 0.15) is 0 Å². The lowest BCUT2D eigenvalue weighted by Gasteiger charge is -2.19. The Balaban J connectivity index is 1.58. The predicted octanol–water partition coefficient (Wildman–Crippen LogP) is 6.14. The van der Waals surface area contributed by atoms with Crippen LogP contribution in [0.15, 0.2) is 126 Å². The van der Waals surface area contributed by atoms with E-state index in [4.69, 9.17) is 4.99 Å². The van der Waals surface area contributed by atoms with Gasteiger partial charge in [0, 0.05) is 0 Å². The Morgan fingerprint density at radius 2 is 1.07 bits per heavy atom. The monoisotopic (exact) mass is 386 g/mol. The van der Waals surface area contributed by atoms with E-state index in [9.17, 15) is 0 Å². The summed E-state index contributed by atoms with van der Waals surface area (Å²) in [5.41, 5.74) is 5.85. The van der Waals surface area contributed by atoms with E-state index in [0.29, 0.717) is 0 Å². The van der Waals surface area contributed by atoms with Crippen molar-refractivity contribution in [3.63, 3.8) is 0 Å². The van der Waals surface area contributed by atoms with Gasteiger partial charge < -0.3 is 0 Å². The van der Waals surface area contributed by atoms with Crippen LogP contribution in [-0.2, 0) is 5.66 Å². The number of benzene rings is 4. The fraction of sp³-hybridized carbons (Fsp3) is 0.107. The molecule has 2 nitrogen and oxygen atoms in total. The highest BCUT2D eigenvalue weighted by atomic mass is 15.5. The van der Waals surface area contributed by atoms with Gasteiger partial charge >= 0.3 is 0 Å². The molecule has 0 bridgehead atoms. The molecule has 2 heterocycles. The molecule has 4 aromatic rings. The quantitative estimate of drug-likeness (QED) is 0.385. The Kier molecular flexibility index (Phi) is 3.93. The first-order chi connectivity index (χ1) is 14.9. The maximum atomic E-state index is 5.49. The third-order valence-electron chi connectivity index (χ3n) is 6.31. The van der Waals surface area contributed by atoms with E-state index in [1.165, 1.54) is 22.3 Å². The predicted molar refractivity (Wildman–Crippen MR) is 121 cm³/mol. The van der Waals surface area contributed by atoms with Crippen molar-refractivity contribution in [2.45, 2.75) is 17.7 Å². The highest BCUT2D eigenvalue weighted by Crippen LogP contribution is 2.69. The van der Waals surface area contributed by atoms with Crippen molar-refractivity contribution >= 4 is 5.71 Å². The Labute approximate surface area is 177 Å². The molecule has 0 spiro atoms. The number of hydrogen-bond donors (Lipinski definition) is 0. The number of fused-ring (bicyclic) bond motifs is 1. The van der Waals surface area contributed by atoms with Gasteiger partial charge in [0.05, 0.1) is 17.8 Å². The molecular weight excluding hydrogens is 364 g/mol. The van der Waals surface area contributed by atoms with Crippen LogP contribution >= 0.6 is 0 Å². The van der Waals surface area contributed by atoms with Gasteiger partial charge in [-0.15, -0.1) is 0 Å². The highest BCUT2D eigenvalue weighted by Gasteiger charge is 2.71. The summed E-state index contributed by atoms with van der Waals surface area (Å²) in [5.74, 6) is 0. The van der Waals surface area contributed by atoms with E-state index in [2.05, 4.69) is 126 Å². The van der Waals surface area contributed by atoms with Crippen LogP contribution in [0.25, 0.3) is 0 Å². The molecule has 0 aliphatic carbocycles. The van der Waals surface area contributed by atoms with Crippen LogP contribution in [0.5, 0.6) is 0 Å². The standard InChI is InChI=1S/C28H22N2/c1-5-13-21(14-6-1)25-26(22-15-7-2-8-16-22)30-27(23-17-9-3-10-18-23)28(30,29-25)24-19-11-4-12-20-24/h1-20,26-27H. The number of aliphatic imine (C=N–C) groups is 1. The lowest BCUT2D eigenvalue weighted by atomic mass is 9.95. The summed E-state index contributed by atoms with van der Waals surface area (Å²) in [6, 6.07) is 43.3. The minimum atomic E-state index is -0.353. The van der Waals surface area contributed by atoms with E-state index in [1.807, 2.05) is 0 Å². The fourth-order valence-corrected chi connectivity index (χ4v) is 5.01. The van der Waals surface area contributed by atoms with Crippen LogP contribution < -0.4 is 0 Å². The lowest BCUT2D eigenvalue weighted by molar-refractivity contribution is 0.414. The Morgan fingerprint density at radius 3 is 1.67 bits per heavy atom. The smallest absolute Gasteiger partial charge is 0.160 e. The molecule has 0 N–H and O–H groups in total. The topological polar surface area (TPSA) is 15.4 Å². The lowest BCUT2D eigenvalue weighted by Crippen LogP contribution is -2.19. The number of rotatable bonds is 4. The van der Waals surface area contributed by atoms with E-state index >= 15 is 0 Å². The van der Waals surface area contributed by atoms with Crippen molar-refractivity contribution < 1.29 is 0 Å². The largest absolute Gasteiger partial charge is 0.258 e. The van der Waals surface area contributed by atoms with Gasteiger partial charge in [0.25, 0.3) is 0 Å². The molecule has 144 valence electrons. The SMILES string of the molecule is c1ccc(C2=NC3(c4ccccc4)C(c4ccccc4)N3C2c2ccccc2)cc1. The van der Waals surface area contributed by atoms with Crippen molar-refractivity contribution in [3.05, 3.63) is 144 Å². The summed E-state index contributed by atoms with van der Waals surface area (Å²) in [6.45, 7) is 0. The van der Waals surface area contributed by atoms with E-state index < -0.39 is 0 Å². The molecule has 30 heavy (non-hydrogen) atoms. The minimum Gasteiger partial charge on any atom is -0.258 e. The summed E-state index contributed by atoms with van der Waals surface area (Å²) in [5, 5.41) is 0. The van der Waals surface area contributed by atoms with Gasteiger partial charge in [-0.25, -0.2) is 4.90 Å². The van der Waals surface area contributed by atoms with E-state index in [1.54, 1.807) is 0 Å². The molecule has 2 aliphatic rings. The van der Waals surface area contributed by atoms with Crippen molar-refractivity contribution in [2.75, 3.05) is 0 Å². The second-order valence-corrected chi connectivity index (χ2v) is 7.99. The van der Waals surface area contributed by atoms with Crippen LogP contribution in [0.2, 0.25) is 0 Å². The summed E-state index contributed by atoms with van der Waals surface area (Å²) in [4.78, 5) is 8.07. The van der Waals surface area contributed by atoms with Gasteiger partial charge in [-0.1, -0.05) is 121 Å². The summed E-state index contributed by atoms with van der Waals surface area (Å²) in [7, 11) is 0. The van der Waals surface area contributed by atoms with Crippen LogP contribution in [0.3, 0.4) is 0 Å². The van der Waals surface area contributed by atoms with Crippen molar-refractivity contribution in [1.82, 2.24) is 4.90 Å². The molecule has 2 heteroatoms. The first-order valence-corrected chi connectivity index (χ1v) is 10.5. The third-order valence-corrected chi connectivity index (χ3v) is 6.31. The summed E-state index contributed by atoms with van der Waals surface area (Å²) >= 11 is 0. The van der Waals surface area contributed by atoms with Crippen molar-refractivity contribution in [3.8, 4) is 0 Å². The molecule has 4 unspecified atom stereocenters. The molecule has 0 aromatic heterocycles. The first kappa shape index (κ1) is 17.4. The molecular formula is C28H22N2. The van der Waals surface area contributed by atoms with Crippen LogP contribution in [0, 0.1) is 0 Å². The zero-order valence-corrected chi connectivity index (χ0v) is 16.6. The van der Waals surface area contributed by atoms with Gasteiger partial charge in [0.2, 0.25) is 0 Å². The summed E-state index contributed by atoms with van der Waals surface area (Å²) in [6.07, 6.45) is 0. The van der Waals surface area contributed by atoms with Gasteiger partial charge in [0.15, 0.2) is 5.66 Å². The van der Waals surface area contributed by atoms with Crippen LogP contribution in [-0.4, -0.2) is 10.6 Å². The zero-order chi connectivity index (χ0) is 20.0. The second-order valence-electron chi connectivity index (χ2n) is 7.99. The minimum absolute atomic E-state index is 0.124. The van der Waals surface area contributed by atoms with Gasteiger partial charge in [-0.05, 0) is 22.3 Å². The molecule has 6 rings (SSSR count). The third kappa shape index (κ3) is 2.51. The van der Waals surface area contributed by atoms with Crippen LogP contribution in [0.1, 0.15) is 34.3 Å². The Morgan fingerprint density at radius 1 is 0.567 bits per heavy atom. The van der Waals surface area contributed by atoms with Crippen molar-refractivity contribution in [1.29, 1.82) is 0 Å².